The summed E-state index contributed by atoms with van der Waals surface area (Å²) < 4.78 is 13.1. The van der Waals surface area contributed by atoms with Gasteiger partial charge in [0.2, 0.25) is 0 Å². The van der Waals surface area contributed by atoms with Gasteiger partial charge in [0.25, 0.3) is 0 Å². The summed E-state index contributed by atoms with van der Waals surface area (Å²) in [4.78, 5) is 11.3. The first kappa shape index (κ1) is 22.1. The molecule has 4 aromatic rings. The van der Waals surface area contributed by atoms with Crippen molar-refractivity contribution in [3.05, 3.63) is 84.1 Å². The van der Waals surface area contributed by atoms with Gasteiger partial charge in [-0.2, -0.15) is 15.1 Å². The summed E-state index contributed by atoms with van der Waals surface area (Å²) in [6, 6.07) is 21.7. The lowest BCUT2D eigenvalue weighted by Gasteiger charge is -2.28. The van der Waals surface area contributed by atoms with Crippen molar-refractivity contribution in [3.63, 3.8) is 0 Å². The number of nitrogens with zero attached hydrogens (tertiary/aromatic N) is 5. The maximum Gasteiger partial charge on any atom is 0.320 e. The molecule has 2 aromatic carbocycles. The van der Waals surface area contributed by atoms with Crippen LogP contribution in [0.5, 0.6) is 6.01 Å². The number of ether oxygens (including phenoxy) is 2. The van der Waals surface area contributed by atoms with Crippen LogP contribution in [0, 0.1) is 6.92 Å². The van der Waals surface area contributed by atoms with Gasteiger partial charge in [0.15, 0.2) is 5.82 Å². The van der Waals surface area contributed by atoms with Crippen molar-refractivity contribution in [2.24, 2.45) is 0 Å². The van der Waals surface area contributed by atoms with Crippen molar-refractivity contribution in [1.29, 1.82) is 0 Å². The van der Waals surface area contributed by atoms with Crippen LogP contribution in [-0.2, 0) is 4.74 Å². The average Bonchev–Trinajstić information content (AvgIpc) is 3.39. The van der Waals surface area contributed by atoms with Gasteiger partial charge in [-0.3, -0.25) is 0 Å². The normalized spacial score (nSPS) is 14.7. The van der Waals surface area contributed by atoms with E-state index in [4.69, 9.17) is 14.6 Å². The summed E-state index contributed by atoms with van der Waals surface area (Å²) in [5.74, 6) is 1.34. The van der Waals surface area contributed by atoms with E-state index in [2.05, 4.69) is 33.9 Å². The molecule has 1 aliphatic heterocycles. The molecule has 0 saturated carbocycles. The summed E-state index contributed by atoms with van der Waals surface area (Å²) in [5, 5.41) is 15.3. The minimum absolute atomic E-state index is 0.0453. The van der Waals surface area contributed by atoms with Crippen LogP contribution in [-0.4, -0.2) is 57.8 Å². The van der Waals surface area contributed by atoms with E-state index >= 15 is 0 Å². The predicted octanol–water partition coefficient (Wildman–Crippen LogP) is 3.59. The van der Waals surface area contributed by atoms with Crippen LogP contribution in [0.1, 0.15) is 17.2 Å². The zero-order chi connectivity index (χ0) is 23.3. The Hall–Kier alpha value is -3.75. The van der Waals surface area contributed by atoms with Crippen molar-refractivity contribution < 1.29 is 14.6 Å². The third kappa shape index (κ3) is 5.08. The largest absolute Gasteiger partial charge is 0.460 e. The van der Waals surface area contributed by atoms with E-state index in [1.165, 1.54) is 5.56 Å². The molecule has 2 aromatic heterocycles. The number of hydrogen-bond donors (Lipinski definition) is 1. The van der Waals surface area contributed by atoms with Crippen LogP contribution in [0.25, 0.3) is 17.1 Å². The van der Waals surface area contributed by atoms with Gasteiger partial charge in [-0.05, 0) is 24.6 Å². The topological polar surface area (TPSA) is 85.5 Å². The molecule has 8 nitrogen and oxygen atoms in total. The van der Waals surface area contributed by atoms with E-state index in [-0.39, 0.29) is 12.6 Å². The lowest BCUT2D eigenvalue weighted by atomic mass is 10.1. The van der Waals surface area contributed by atoms with E-state index < -0.39 is 6.10 Å². The molecule has 1 atom stereocenters. The smallest absolute Gasteiger partial charge is 0.320 e. The minimum Gasteiger partial charge on any atom is -0.460 e. The Labute approximate surface area is 198 Å². The summed E-state index contributed by atoms with van der Waals surface area (Å²) in [7, 11) is 0. The molecule has 3 heterocycles. The molecule has 174 valence electrons. The number of benzene rings is 2. The predicted molar refractivity (Wildman–Crippen MR) is 129 cm³/mol. The van der Waals surface area contributed by atoms with Gasteiger partial charge in [-0.25, -0.2) is 4.68 Å². The molecule has 0 unspecified atom stereocenters. The second-order valence-corrected chi connectivity index (χ2v) is 8.22. The lowest BCUT2D eigenvalue weighted by Crippen LogP contribution is -2.37. The SMILES string of the molecule is Cc1cccc(-c2ccn(-c3cc(N4CCOCC4)nc(OC[C@@H](O)c4ccccc4)n3)n2)c1. The second kappa shape index (κ2) is 10.0. The third-order valence-corrected chi connectivity index (χ3v) is 5.71. The highest BCUT2D eigenvalue weighted by Crippen LogP contribution is 2.23. The molecule has 8 heteroatoms. The third-order valence-electron chi connectivity index (χ3n) is 5.71. The summed E-state index contributed by atoms with van der Waals surface area (Å²) >= 11 is 0. The molecule has 0 radical (unpaired) electrons. The molecule has 0 bridgehead atoms. The van der Waals surface area contributed by atoms with Crippen molar-refractivity contribution in [2.45, 2.75) is 13.0 Å². The number of rotatable bonds is 7. The van der Waals surface area contributed by atoms with Crippen LogP contribution in [0.15, 0.2) is 72.9 Å². The van der Waals surface area contributed by atoms with Gasteiger partial charge >= 0.3 is 6.01 Å². The summed E-state index contributed by atoms with van der Waals surface area (Å²) in [5.41, 5.74) is 3.86. The van der Waals surface area contributed by atoms with Gasteiger partial charge in [-0.15, -0.1) is 0 Å². The molecule has 0 amide bonds. The molecule has 5 rings (SSSR count). The number of morpholine rings is 1. The van der Waals surface area contributed by atoms with E-state index in [0.717, 1.165) is 35.7 Å². The molecule has 1 saturated heterocycles. The number of hydrogen-bond acceptors (Lipinski definition) is 7. The lowest BCUT2D eigenvalue weighted by molar-refractivity contribution is 0.102. The number of anilines is 1. The fraction of sp³-hybridized carbons (Fsp3) is 0.269. The Bertz CT molecular complexity index is 1240. The first-order valence-electron chi connectivity index (χ1n) is 11.4. The van der Waals surface area contributed by atoms with Crippen molar-refractivity contribution in [3.8, 4) is 23.1 Å². The highest BCUT2D eigenvalue weighted by Gasteiger charge is 2.18. The van der Waals surface area contributed by atoms with Crippen LogP contribution in [0.3, 0.4) is 0 Å². The minimum atomic E-state index is -0.780. The van der Waals surface area contributed by atoms with Crippen LogP contribution < -0.4 is 9.64 Å². The van der Waals surface area contributed by atoms with E-state index in [9.17, 15) is 5.11 Å². The summed E-state index contributed by atoms with van der Waals surface area (Å²) in [6.07, 6.45) is 1.10. The quantitative estimate of drug-likeness (QED) is 0.454. The fourth-order valence-electron chi connectivity index (χ4n) is 3.87. The second-order valence-electron chi connectivity index (χ2n) is 8.22. The van der Waals surface area contributed by atoms with Crippen molar-refractivity contribution in [2.75, 3.05) is 37.8 Å². The Kier molecular flexibility index (Phi) is 6.51. The molecule has 34 heavy (non-hydrogen) atoms. The Balaban J connectivity index is 1.43. The van der Waals surface area contributed by atoms with Gasteiger partial charge in [0, 0.05) is 30.9 Å². The Morgan fingerprint density at radius 1 is 0.971 bits per heavy atom. The average molecular weight is 458 g/mol. The van der Waals surface area contributed by atoms with Crippen molar-refractivity contribution >= 4 is 5.82 Å². The fourth-order valence-corrected chi connectivity index (χ4v) is 3.87. The van der Waals surface area contributed by atoms with Crippen LogP contribution >= 0.6 is 0 Å². The van der Waals surface area contributed by atoms with E-state index in [0.29, 0.717) is 19.0 Å². The Morgan fingerprint density at radius 3 is 2.56 bits per heavy atom. The van der Waals surface area contributed by atoms with Crippen LogP contribution in [0.4, 0.5) is 5.82 Å². The van der Waals surface area contributed by atoms with Gasteiger partial charge in [0.1, 0.15) is 18.5 Å². The molecular formula is C26H27N5O3. The number of aromatic nitrogens is 4. The number of aliphatic hydroxyl groups excluding tert-OH is 1. The molecule has 1 fully saturated rings. The molecule has 1 N–H and O–H groups in total. The van der Waals surface area contributed by atoms with Gasteiger partial charge in [0.05, 0.1) is 18.9 Å². The van der Waals surface area contributed by atoms with Crippen LogP contribution in [0.2, 0.25) is 0 Å². The zero-order valence-electron chi connectivity index (χ0n) is 19.0. The standard InChI is InChI=1S/C26H27N5O3/c1-19-6-5-9-21(16-19)22-10-11-31(29-22)25-17-24(30-12-14-33-15-13-30)27-26(28-25)34-18-23(32)20-7-3-2-4-8-20/h2-11,16-17,23,32H,12-15,18H2,1H3/t23-/m1/s1. The van der Waals surface area contributed by atoms with Gasteiger partial charge in [-0.1, -0.05) is 54.1 Å². The zero-order valence-corrected chi connectivity index (χ0v) is 19.0. The van der Waals surface area contributed by atoms with E-state index in [1.807, 2.05) is 60.8 Å². The van der Waals surface area contributed by atoms with Gasteiger partial charge < -0.3 is 19.5 Å². The first-order valence-corrected chi connectivity index (χ1v) is 11.4. The summed E-state index contributed by atoms with van der Waals surface area (Å²) in [6.45, 7) is 4.85. The monoisotopic (exact) mass is 457 g/mol. The molecule has 0 spiro atoms. The van der Waals surface area contributed by atoms with Crippen molar-refractivity contribution in [1.82, 2.24) is 19.7 Å². The van der Waals surface area contributed by atoms with E-state index in [1.54, 1.807) is 4.68 Å². The molecule has 1 aliphatic rings. The Morgan fingerprint density at radius 2 is 1.76 bits per heavy atom. The molecular weight excluding hydrogens is 430 g/mol. The maximum atomic E-state index is 10.5. The number of aliphatic hydroxyl groups is 1. The maximum absolute atomic E-state index is 10.5. The highest BCUT2D eigenvalue weighted by atomic mass is 16.5. The first-order chi connectivity index (χ1) is 16.7. The molecule has 0 aliphatic carbocycles. The number of aryl methyl sites for hydroxylation is 1. The highest BCUT2D eigenvalue weighted by molar-refractivity contribution is 5.60.